The van der Waals surface area contributed by atoms with Crippen LogP contribution in [0.25, 0.3) is 0 Å². The summed E-state index contributed by atoms with van der Waals surface area (Å²) in [6.07, 6.45) is 3.11. The predicted octanol–water partition coefficient (Wildman–Crippen LogP) is 5.55. The fourth-order valence-electron chi connectivity index (χ4n) is 3.97. The zero-order valence-electron chi connectivity index (χ0n) is 19.2. The molecule has 4 rings (SSSR count). The molecule has 1 aromatic heterocycles. The molecule has 11 heteroatoms. The molecule has 2 aromatic carbocycles. The first-order chi connectivity index (χ1) is 16.4. The van der Waals surface area contributed by atoms with Crippen LogP contribution in [0.4, 0.5) is 24.5 Å². The van der Waals surface area contributed by atoms with Crippen molar-refractivity contribution in [3.63, 3.8) is 0 Å². The topological polar surface area (TPSA) is 65.5 Å². The third-order valence-electron chi connectivity index (χ3n) is 5.78. The van der Waals surface area contributed by atoms with Crippen LogP contribution in [0, 0.1) is 0 Å². The molecule has 35 heavy (non-hydrogen) atoms. The maximum absolute atomic E-state index is 12.8. The molecule has 0 saturated carbocycles. The van der Waals surface area contributed by atoms with Gasteiger partial charge < -0.3 is 4.90 Å². The van der Waals surface area contributed by atoms with Crippen molar-refractivity contribution < 1.29 is 21.6 Å². The standard InChI is InChI=1S/C24H25F3N4O2S2/c1-23(2)16-30(19-8-10-20(11-9-19)34-24(25,26)27)17-31(23)15-18-12-13-28-14-22(18)29-35(32,33)21-6-4-3-5-7-21/h3-14,29H,15-17H2,1-2H3. The molecule has 1 fully saturated rings. The molecule has 6 nitrogen and oxygen atoms in total. The number of halogens is 3. The molecule has 0 amide bonds. The van der Waals surface area contributed by atoms with Crippen molar-refractivity contribution in [3.05, 3.63) is 78.6 Å². The van der Waals surface area contributed by atoms with Gasteiger partial charge in [0.05, 0.1) is 23.4 Å². The van der Waals surface area contributed by atoms with Gasteiger partial charge in [-0.25, -0.2) is 8.42 Å². The Bertz CT molecular complexity index is 1270. The summed E-state index contributed by atoms with van der Waals surface area (Å²) in [6.45, 7) is 5.81. The largest absolute Gasteiger partial charge is 0.446 e. The van der Waals surface area contributed by atoms with E-state index in [4.69, 9.17) is 0 Å². The predicted molar refractivity (Wildman–Crippen MR) is 132 cm³/mol. The number of nitrogens with one attached hydrogen (secondary N) is 1. The van der Waals surface area contributed by atoms with Crippen LogP contribution in [-0.2, 0) is 16.6 Å². The summed E-state index contributed by atoms with van der Waals surface area (Å²) in [5, 5.41) is 0. The number of pyridine rings is 1. The first kappa shape index (κ1) is 25.3. The second-order valence-corrected chi connectivity index (χ2v) is 11.7. The van der Waals surface area contributed by atoms with E-state index in [1.54, 1.807) is 42.6 Å². The van der Waals surface area contributed by atoms with Gasteiger partial charge in [0.25, 0.3) is 10.0 Å². The molecule has 2 heterocycles. The van der Waals surface area contributed by atoms with Gasteiger partial charge in [-0.3, -0.25) is 14.6 Å². The molecule has 0 radical (unpaired) electrons. The van der Waals surface area contributed by atoms with Gasteiger partial charge in [-0.2, -0.15) is 13.2 Å². The molecule has 0 unspecified atom stereocenters. The van der Waals surface area contributed by atoms with Crippen LogP contribution in [0.5, 0.6) is 0 Å². The number of nitrogens with zero attached hydrogens (tertiary/aromatic N) is 3. The fourth-order valence-corrected chi connectivity index (χ4v) is 5.62. The van der Waals surface area contributed by atoms with Crippen LogP contribution in [0.3, 0.4) is 0 Å². The summed E-state index contributed by atoms with van der Waals surface area (Å²) in [5.74, 6) is 0. The van der Waals surface area contributed by atoms with E-state index in [0.29, 0.717) is 25.4 Å². The normalized spacial score (nSPS) is 16.4. The lowest BCUT2D eigenvalue weighted by Gasteiger charge is -2.30. The lowest BCUT2D eigenvalue weighted by Crippen LogP contribution is -2.39. The summed E-state index contributed by atoms with van der Waals surface area (Å²) in [5.41, 5.74) is -2.59. The molecule has 1 aliphatic rings. The van der Waals surface area contributed by atoms with Crippen molar-refractivity contribution >= 4 is 33.2 Å². The van der Waals surface area contributed by atoms with Crippen LogP contribution in [0.1, 0.15) is 19.4 Å². The average molecular weight is 523 g/mol. The lowest BCUT2D eigenvalue weighted by molar-refractivity contribution is -0.0328. The van der Waals surface area contributed by atoms with Gasteiger partial charge in [0.1, 0.15) is 0 Å². The summed E-state index contributed by atoms with van der Waals surface area (Å²) < 4.78 is 66.2. The average Bonchev–Trinajstić information content (AvgIpc) is 3.09. The summed E-state index contributed by atoms with van der Waals surface area (Å²) in [4.78, 5) is 8.69. The third-order valence-corrected chi connectivity index (χ3v) is 7.90. The van der Waals surface area contributed by atoms with Gasteiger partial charge in [0, 0.05) is 35.4 Å². The minimum absolute atomic E-state index is 0.132. The Balaban J connectivity index is 1.50. The van der Waals surface area contributed by atoms with E-state index in [9.17, 15) is 21.6 Å². The first-order valence-electron chi connectivity index (χ1n) is 10.8. The third kappa shape index (κ3) is 6.28. The van der Waals surface area contributed by atoms with Gasteiger partial charge in [0.15, 0.2) is 0 Å². The molecule has 0 atom stereocenters. The van der Waals surface area contributed by atoms with Gasteiger partial charge in [-0.15, -0.1) is 0 Å². The Morgan fingerprint density at radius 1 is 1.06 bits per heavy atom. The highest BCUT2D eigenvalue weighted by atomic mass is 32.2. The molecule has 1 aliphatic heterocycles. The zero-order chi connectivity index (χ0) is 25.3. The van der Waals surface area contributed by atoms with Crippen molar-refractivity contribution in [2.75, 3.05) is 22.8 Å². The molecule has 0 bridgehead atoms. The highest BCUT2D eigenvalue weighted by Gasteiger charge is 2.37. The van der Waals surface area contributed by atoms with E-state index < -0.39 is 15.5 Å². The van der Waals surface area contributed by atoms with E-state index in [-0.39, 0.29) is 27.1 Å². The van der Waals surface area contributed by atoms with Crippen LogP contribution in [0.2, 0.25) is 0 Å². The number of rotatable bonds is 7. The van der Waals surface area contributed by atoms with Crippen LogP contribution >= 0.6 is 11.8 Å². The molecule has 186 valence electrons. The number of anilines is 2. The van der Waals surface area contributed by atoms with E-state index in [1.807, 2.05) is 0 Å². The molecular formula is C24H25F3N4O2S2. The number of sulfonamides is 1. The minimum Gasteiger partial charge on any atom is -0.357 e. The minimum atomic E-state index is -4.32. The molecule has 0 aliphatic carbocycles. The Morgan fingerprint density at radius 3 is 2.40 bits per heavy atom. The van der Waals surface area contributed by atoms with Crippen LogP contribution in [0.15, 0.2) is 82.8 Å². The van der Waals surface area contributed by atoms with Gasteiger partial charge in [-0.05, 0) is 73.6 Å². The monoisotopic (exact) mass is 522 g/mol. The molecule has 1 saturated heterocycles. The van der Waals surface area contributed by atoms with Gasteiger partial charge in [-0.1, -0.05) is 18.2 Å². The number of hydrogen-bond acceptors (Lipinski definition) is 6. The van der Waals surface area contributed by atoms with E-state index in [2.05, 4.69) is 33.4 Å². The Labute approximate surface area is 207 Å². The smallest absolute Gasteiger partial charge is 0.357 e. The summed E-state index contributed by atoms with van der Waals surface area (Å²) >= 11 is -0.132. The number of aromatic nitrogens is 1. The highest BCUT2D eigenvalue weighted by molar-refractivity contribution is 8.00. The highest BCUT2D eigenvalue weighted by Crippen LogP contribution is 2.38. The number of alkyl halides is 3. The molecule has 0 spiro atoms. The van der Waals surface area contributed by atoms with Crippen molar-refractivity contribution in [2.24, 2.45) is 0 Å². The second-order valence-electron chi connectivity index (χ2n) is 8.84. The maximum atomic E-state index is 12.8. The fraction of sp³-hybridized carbons (Fsp3) is 0.292. The quantitative estimate of drug-likeness (QED) is 0.411. The second kappa shape index (κ2) is 9.71. The Kier molecular flexibility index (Phi) is 7.03. The summed E-state index contributed by atoms with van der Waals surface area (Å²) in [7, 11) is -3.77. The maximum Gasteiger partial charge on any atom is 0.446 e. The van der Waals surface area contributed by atoms with E-state index in [0.717, 1.165) is 11.3 Å². The zero-order valence-corrected chi connectivity index (χ0v) is 20.8. The van der Waals surface area contributed by atoms with Gasteiger partial charge >= 0.3 is 5.51 Å². The van der Waals surface area contributed by atoms with E-state index in [1.165, 1.54) is 30.5 Å². The number of hydrogen-bond donors (Lipinski definition) is 1. The van der Waals surface area contributed by atoms with Crippen molar-refractivity contribution in [1.29, 1.82) is 0 Å². The first-order valence-corrected chi connectivity index (χ1v) is 13.1. The summed E-state index contributed by atoms with van der Waals surface area (Å²) in [6, 6.07) is 16.2. The molecular weight excluding hydrogens is 497 g/mol. The van der Waals surface area contributed by atoms with Gasteiger partial charge in [0.2, 0.25) is 0 Å². The van der Waals surface area contributed by atoms with E-state index >= 15 is 0 Å². The van der Waals surface area contributed by atoms with Crippen LogP contribution < -0.4 is 9.62 Å². The SMILES string of the molecule is CC1(C)CN(c2ccc(SC(F)(F)F)cc2)CN1Cc1ccncc1NS(=O)(=O)c1ccccc1. The molecule has 3 aromatic rings. The number of benzene rings is 2. The van der Waals surface area contributed by atoms with Crippen molar-refractivity contribution in [3.8, 4) is 0 Å². The Hall–Kier alpha value is -2.76. The molecule has 1 N–H and O–H groups in total. The lowest BCUT2D eigenvalue weighted by atomic mass is 10.0. The Morgan fingerprint density at radius 2 is 1.74 bits per heavy atom. The van der Waals surface area contributed by atoms with Crippen molar-refractivity contribution in [2.45, 2.75) is 41.2 Å². The number of thioether (sulfide) groups is 1. The van der Waals surface area contributed by atoms with Crippen molar-refractivity contribution in [1.82, 2.24) is 9.88 Å². The van der Waals surface area contributed by atoms with Crippen LogP contribution in [-0.4, -0.2) is 42.6 Å².